The lowest BCUT2D eigenvalue weighted by Crippen LogP contribution is -1.90. The molecule has 3 nitrogen and oxygen atoms in total. The molecule has 0 unspecified atom stereocenters. The molecule has 2 aromatic heterocycles. The van der Waals surface area contributed by atoms with Crippen molar-refractivity contribution in [3.8, 4) is 22.9 Å². The molecule has 1 aromatic carbocycles. The minimum Gasteiger partial charge on any atom is -0.438 e. The van der Waals surface area contributed by atoms with Gasteiger partial charge in [0.05, 0.1) is 9.26 Å². The van der Waals surface area contributed by atoms with Crippen molar-refractivity contribution >= 4 is 22.6 Å². The zero-order valence-electron chi connectivity index (χ0n) is 10.5. The Labute approximate surface area is 130 Å². The first kappa shape index (κ1) is 13.1. The summed E-state index contributed by atoms with van der Waals surface area (Å²) in [5.41, 5.74) is 1.88. The summed E-state index contributed by atoms with van der Waals surface area (Å²) in [6.45, 7) is 0. The van der Waals surface area contributed by atoms with Gasteiger partial charge in [0.2, 0.25) is 5.88 Å². The van der Waals surface area contributed by atoms with E-state index in [1.165, 1.54) is 0 Å². The smallest absolute Gasteiger partial charge is 0.219 e. The van der Waals surface area contributed by atoms with E-state index in [4.69, 9.17) is 4.74 Å². The van der Waals surface area contributed by atoms with Gasteiger partial charge in [0.25, 0.3) is 0 Å². The number of hydrogen-bond donors (Lipinski definition) is 0. The molecule has 98 valence electrons. The number of aromatic nitrogens is 2. The second-order valence-corrected chi connectivity index (χ2v) is 5.29. The predicted molar refractivity (Wildman–Crippen MR) is 86.7 cm³/mol. The third kappa shape index (κ3) is 2.96. The number of para-hydroxylation sites is 1. The number of pyridine rings is 2. The number of hydrogen-bond acceptors (Lipinski definition) is 3. The second kappa shape index (κ2) is 6.00. The molecule has 0 aliphatic heterocycles. The lowest BCUT2D eigenvalue weighted by atomic mass is 10.2. The molecule has 4 heteroatoms. The summed E-state index contributed by atoms with van der Waals surface area (Å²) in [5.74, 6) is 1.39. The largest absolute Gasteiger partial charge is 0.438 e. The zero-order chi connectivity index (χ0) is 13.8. The van der Waals surface area contributed by atoms with Crippen molar-refractivity contribution < 1.29 is 4.74 Å². The highest BCUT2D eigenvalue weighted by Gasteiger charge is 2.04. The Hall–Kier alpha value is -1.95. The van der Waals surface area contributed by atoms with Gasteiger partial charge in [-0.3, -0.25) is 4.98 Å². The van der Waals surface area contributed by atoms with Crippen molar-refractivity contribution in [3.05, 3.63) is 70.6 Å². The molecule has 0 amide bonds. The van der Waals surface area contributed by atoms with E-state index in [1.807, 2.05) is 54.6 Å². The Morgan fingerprint density at radius 2 is 1.70 bits per heavy atom. The van der Waals surface area contributed by atoms with Gasteiger partial charge in [-0.25, -0.2) is 4.98 Å². The highest BCUT2D eigenvalue weighted by Crippen LogP contribution is 2.26. The normalized spacial score (nSPS) is 10.2. The molecule has 0 fully saturated rings. The lowest BCUT2D eigenvalue weighted by Gasteiger charge is -2.07. The molecule has 0 radical (unpaired) electrons. The molecule has 3 rings (SSSR count). The molecule has 0 aliphatic carbocycles. The fourth-order valence-corrected chi connectivity index (χ4v) is 2.26. The minimum atomic E-state index is 0.578. The van der Waals surface area contributed by atoms with Crippen LogP contribution in [0, 0.1) is 3.57 Å². The van der Waals surface area contributed by atoms with Crippen LogP contribution in [0.1, 0.15) is 0 Å². The van der Waals surface area contributed by atoms with Gasteiger partial charge in [-0.2, -0.15) is 0 Å². The molecule has 0 saturated carbocycles. The monoisotopic (exact) mass is 374 g/mol. The van der Waals surface area contributed by atoms with E-state index in [2.05, 4.69) is 32.6 Å². The third-order valence-electron chi connectivity index (χ3n) is 2.75. The van der Waals surface area contributed by atoms with Gasteiger partial charge >= 0.3 is 0 Å². The van der Waals surface area contributed by atoms with E-state index < -0.39 is 0 Å². The maximum absolute atomic E-state index is 5.76. The molecule has 2 heterocycles. The molecule has 0 atom stereocenters. The Balaban J connectivity index is 1.82. The molecule has 0 bridgehead atoms. The number of ether oxygens (including phenoxy) is 1. The van der Waals surface area contributed by atoms with Crippen molar-refractivity contribution in [1.82, 2.24) is 9.97 Å². The van der Waals surface area contributed by atoms with Crippen molar-refractivity contribution in [1.29, 1.82) is 0 Å². The van der Waals surface area contributed by atoms with E-state index in [-0.39, 0.29) is 0 Å². The van der Waals surface area contributed by atoms with Crippen LogP contribution in [0.15, 0.2) is 67.0 Å². The van der Waals surface area contributed by atoms with Crippen LogP contribution in [-0.2, 0) is 0 Å². The molecule has 0 spiro atoms. The lowest BCUT2D eigenvalue weighted by molar-refractivity contribution is 0.460. The van der Waals surface area contributed by atoms with E-state index in [9.17, 15) is 0 Å². The Morgan fingerprint density at radius 3 is 2.40 bits per heavy atom. The van der Waals surface area contributed by atoms with Gasteiger partial charge in [0.1, 0.15) is 5.75 Å². The van der Waals surface area contributed by atoms with Crippen molar-refractivity contribution in [2.75, 3.05) is 0 Å². The zero-order valence-corrected chi connectivity index (χ0v) is 12.7. The van der Waals surface area contributed by atoms with Gasteiger partial charge in [-0.15, -0.1) is 0 Å². The molecule has 0 N–H and O–H groups in total. The fraction of sp³-hybridized carbons (Fsp3) is 0. The molecule has 20 heavy (non-hydrogen) atoms. The van der Waals surface area contributed by atoms with Crippen LogP contribution in [0.5, 0.6) is 11.6 Å². The highest BCUT2D eigenvalue weighted by molar-refractivity contribution is 14.1. The maximum atomic E-state index is 5.76. The Kier molecular flexibility index (Phi) is 3.92. The van der Waals surface area contributed by atoms with Crippen LogP contribution < -0.4 is 4.74 Å². The Morgan fingerprint density at radius 1 is 0.850 bits per heavy atom. The van der Waals surface area contributed by atoms with Gasteiger partial charge in [-0.1, -0.05) is 18.2 Å². The van der Waals surface area contributed by atoms with E-state index in [0.717, 1.165) is 20.6 Å². The molecule has 0 aliphatic rings. The summed E-state index contributed by atoms with van der Waals surface area (Å²) in [6.07, 6.45) is 3.54. The molecular weight excluding hydrogens is 363 g/mol. The Bertz CT molecular complexity index is 699. The summed E-state index contributed by atoms with van der Waals surface area (Å²) in [4.78, 5) is 8.62. The number of halogens is 1. The van der Waals surface area contributed by atoms with Gasteiger partial charge in [-0.05, 0) is 52.9 Å². The van der Waals surface area contributed by atoms with E-state index in [0.29, 0.717) is 5.88 Å². The molecule has 3 aromatic rings. The van der Waals surface area contributed by atoms with Crippen LogP contribution >= 0.6 is 22.6 Å². The van der Waals surface area contributed by atoms with Gasteiger partial charge < -0.3 is 4.74 Å². The molecular formula is C16H11IN2O. The SMILES string of the molecule is Ic1ccccc1Oc1ccc(-c2ccccn2)cn1. The quantitative estimate of drug-likeness (QED) is 0.632. The van der Waals surface area contributed by atoms with Gasteiger partial charge in [0, 0.05) is 24.0 Å². The first-order valence-corrected chi connectivity index (χ1v) is 7.20. The van der Waals surface area contributed by atoms with Crippen molar-refractivity contribution in [3.63, 3.8) is 0 Å². The predicted octanol–water partition coefficient (Wildman–Crippen LogP) is 4.54. The second-order valence-electron chi connectivity index (χ2n) is 4.13. The van der Waals surface area contributed by atoms with Crippen molar-refractivity contribution in [2.45, 2.75) is 0 Å². The van der Waals surface area contributed by atoms with Crippen LogP contribution in [0.25, 0.3) is 11.3 Å². The molecule has 0 saturated heterocycles. The minimum absolute atomic E-state index is 0.578. The number of nitrogens with zero attached hydrogens (tertiary/aromatic N) is 2. The standard InChI is InChI=1S/C16H11IN2O/c17-13-5-1-2-7-15(13)20-16-9-8-12(11-19-16)14-6-3-4-10-18-14/h1-11H. The van der Waals surface area contributed by atoms with E-state index in [1.54, 1.807) is 12.4 Å². The van der Waals surface area contributed by atoms with Crippen LogP contribution in [0.4, 0.5) is 0 Å². The average Bonchev–Trinajstić information content (AvgIpc) is 2.51. The summed E-state index contributed by atoms with van der Waals surface area (Å²) >= 11 is 2.24. The van der Waals surface area contributed by atoms with Crippen LogP contribution in [-0.4, -0.2) is 9.97 Å². The summed E-state index contributed by atoms with van der Waals surface area (Å²) in [6, 6.07) is 17.5. The summed E-state index contributed by atoms with van der Waals surface area (Å²) < 4.78 is 6.82. The average molecular weight is 374 g/mol. The van der Waals surface area contributed by atoms with Crippen LogP contribution in [0.3, 0.4) is 0 Å². The van der Waals surface area contributed by atoms with Crippen molar-refractivity contribution in [2.24, 2.45) is 0 Å². The summed E-state index contributed by atoms with van der Waals surface area (Å²) in [5, 5.41) is 0. The highest BCUT2D eigenvalue weighted by atomic mass is 127. The first-order chi connectivity index (χ1) is 9.83. The van der Waals surface area contributed by atoms with Crippen LogP contribution in [0.2, 0.25) is 0 Å². The fourth-order valence-electron chi connectivity index (χ4n) is 1.77. The third-order valence-corrected chi connectivity index (χ3v) is 3.64. The number of rotatable bonds is 3. The van der Waals surface area contributed by atoms with Gasteiger partial charge in [0.15, 0.2) is 0 Å². The maximum Gasteiger partial charge on any atom is 0.219 e. The first-order valence-electron chi connectivity index (χ1n) is 6.13. The summed E-state index contributed by atoms with van der Waals surface area (Å²) in [7, 11) is 0. The topological polar surface area (TPSA) is 35.0 Å². The van der Waals surface area contributed by atoms with E-state index >= 15 is 0 Å². The number of benzene rings is 1.